The molecule has 1 amide bonds. The average Bonchev–Trinajstić information content (AvgIpc) is 2.62. The first-order valence-electron chi connectivity index (χ1n) is 8.51. The Morgan fingerprint density at radius 1 is 1.25 bits per heavy atom. The predicted molar refractivity (Wildman–Crippen MR) is 92.1 cm³/mol. The van der Waals surface area contributed by atoms with Gasteiger partial charge in [0.05, 0.1) is 31.4 Å². The molecule has 1 fully saturated rings. The van der Waals surface area contributed by atoms with Crippen LogP contribution in [-0.4, -0.2) is 55.7 Å². The van der Waals surface area contributed by atoms with Gasteiger partial charge in [0.25, 0.3) is 0 Å². The maximum atomic E-state index is 12.3. The number of nitrogens with zero attached hydrogens (tertiary/aromatic N) is 1. The first-order chi connectivity index (χ1) is 11.6. The molecule has 0 unspecified atom stereocenters. The quantitative estimate of drug-likeness (QED) is 0.612. The van der Waals surface area contributed by atoms with E-state index >= 15 is 0 Å². The largest absolute Gasteiger partial charge is 0.462 e. The summed E-state index contributed by atoms with van der Waals surface area (Å²) in [6, 6.07) is 6.57. The summed E-state index contributed by atoms with van der Waals surface area (Å²) in [5, 5.41) is 2.88. The Morgan fingerprint density at radius 2 is 1.92 bits per heavy atom. The maximum Gasteiger partial charge on any atom is 0.338 e. The molecule has 1 N–H and O–H groups in total. The van der Waals surface area contributed by atoms with Crippen LogP contribution in [0.1, 0.15) is 37.0 Å². The topological polar surface area (TPSA) is 67.9 Å². The number of carbonyl (C=O) groups is 2. The Kier molecular flexibility index (Phi) is 7.21. The van der Waals surface area contributed by atoms with E-state index in [4.69, 9.17) is 9.47 Å². The number of morpholine rings is 1. The number of esters is 1. The van der Waals surface area contributed by atoms with Crippen LogP contribution in [0.5, 0.6) is 0 Å². The second kappa shape index (κ2) is 9.39. The summed E-state index contributed by atoms with van der Waals surface area (Å²) < 4.78 is 10.5. The maximum absolute atomic E-state index is 12.3. The summed E-state index contributed by atoms with van der Waals surface area (Å²) in [4.78, 5) is 26.3. The predicted octanol–water partition coefficient (Wildman–Crippen LogP) is 2.30. The number of hydrogen-bond acceptors (Lipinski definition) is 5. The standard InChI is InChI=1S/C18H26N2O4/c1-3-4-11-24-18(22)15-5-7-16(8-6-15)19-17(21)14(2)20-9-12-23-13-10-20/h5-8,14H,3-4,9-13H2,1-2H3,(H,19,21)/t14-/m0/s1. The van der Waals surface area contributed by atoms with Gasteiger partial charge in [-0.3, -0.25) is 9.69 Å². The van der Waals surface area contributed by atoms with Crippen LogP contribution in [0.3, 0.4) is 0 Å². The average molecular weight is 334 g/mol. The van der Waals surface area contributed by atoms with Gasteiger partial charge in [0, 0.05) is 18.8 Å². The number of anilines is 1. The van der Waals surface area contributed by atoms with Gasteiger partial charge in [0.15, 0.2) is 0 Å². The third kappa shape index (κ3) is 5.32. The molecule has 0 spiro atoms. The number of benzene rings is 1. The van der Waals surface area contributed by atoms with Crippen molar-refractivity contribution in [2.24, 2.45) is 0 Å². The van der Waals surface area contributed by atoms with Crippen molar-refractivity contribution in [2.45, 2.75) is 32.7 Å². The number of amides is 1. The van der Waals surface area contributed by atoms with Crippen molar-refractivity contribution < 1.29 is 19.1 Å². The van der Waals surface area contributed by atoms with Gasteiger partial charge in [-0.1, -0.05) is 13.3 Å². The highest BCUT2D eigenvalue weighted by molar-refractivity contribution is 5.95. The first-order valence-corrected chi connectivity index (χ1v) is 8.51. The summed E-state index contributed by atoms with van der Waals surface area (Å²) in [5.41, 5.74) is 1.16. The Hall–Kier alpha value is -1.92. The van der Waals surface area contributed by atoms with E-state index in [1.165, 1.54) is 0 Å². The lowest BCUT2D eigenvalue weighted by Gasteiger charge is -2.31. The molecular formula is C18H26N2O4. The number of hydrogen-bond donors (Lipinski definition) is 1. The molecule has 6 heteroatoms. The summed E-state index contributed by atoms with van der Waals surface area (Å²) in [7, 11) is 0. The minimum Gasteiger partial charge on any atom is -0.462 e. The highest BCUT2D eigenvalue weighted by atomic mass is 16.5. The molecule has 0 aromatic heterocycles. The molecule has 1 aromatic rings. The lowest BCUT2D eigenvalue weighted by atomic mass is 10.2. The van der Waals surface area contributed by atoms with Crippen LogP contribution >= 0.6 is 0 Å². The number of unbranched alkanes of at least 4 members (excludes halogenated alkanes) is 1. The van der Waals surface area contributed by atoms with Gasteiger partial charge in [-0.25, -0.2) is 4.79 Å². The van der Waals surface area contributed by atoms with Crippen LogP contribution in [0.4, 0.5) is 5.69 Å². The van der Waals surface area contributed by atoms with Crippen molar-refractivity contribution >= 4 is 17.6 Å². The third-order valence-electron chi connectivity index (χ3n) is 4.09. The Balaban J connectivity index is 1.86. The van der Waals surface area contributed by atoms with Gasteiger partial charge in [0.2, 0.25) is 5.91 Å². The first kappa shape index (κ1) is 18.4. The molecule has 0 radical (unpaired) electrons. The van der Waals surface area contributed by atoms with Crippen LogP contribution in [0.2, 0.25) is 0 Å². The summed E-state index contributed by atoms with van der Waals surface area (Å²) in [5.74, 6) is -0.391. The smallest absolute Gasteiger partial charge is 0.338 e. The second-order valence-electron chi connectivity index (χ2n) is 5.88. The van der Waals surface area contributed by atoms with Crippen molar-refractivity contribution in [3.05, 3.63) is 29.8 Å². The molecule has 0 aliphatic carbocycles. The van der Waals surface area contributed by atoms with E-state index in [2.05, 4.69) is 10.2 Å². The van der Waals surface area contributed by atoms with Crippen LogP contribution in [0.15, 0.2) is 24.3 Å². The van der Waals surface area contributed by atoms with Gasteiger partial charge in [-0.05, 0) is 37.6 Å². The van der Waals surface area contributed by atoms with Crippen molar-refractivity contribution in [1.82, 2.24) is 4.90 Å². The zero-order valence-corrected chi connectivity index (χ0v) is 14.4. The molecule has 0 bridgehead atoms. The lowest BCUT2D eigenvalue weighted by Crippen LogP contribution is -2.47. The molecule has 1 heterocycles. The van der Waals surface area contributed by atoms with E-state index in [1.54, 1.807) is 24.3 Å². The van der Waals surface area contributed by atoms with Crippen LogP contribution in [0, 0.1) is 0 Å². The molecule has 24 heavy (non-hydrogen) atoms. The van der Waals surface area contributed by atoms with Crippen LogP contribution in [-0.2, 0) is 14.3 Å². The fraction of sp³-hybridized carbons (Fsp3) is 0.556. The molecular weight excluding hydrogens is 308 g/mol. The second-order valence-corrected chi connectivity index (χ2v) is 5.88. The molecule has 2 rings (SSSR count). The minimum absolute atomic E-state index is 0.0600. The van der Waals surface area contributed by atoms with Crippen molar-refractivity contribution in [1.29, 1.82) is 0 Å². The summed E-state index contributed by atoms with van der Waals surface area (Å²) >= 11 is 0. The van der Waals surface area contributed by atoms with Crippen molar-refractivity contribution in [3.63, 3.8) is 0 Å². The molecule has 1 aliphatic heterocycles. The fourth-order valence-corrected chi connectivity index (χ4v) is 2.46. The van der Waals surface area contributed by atoms with E-state index in [1.807, 2.05) is 13.8 Å². The molecule has 1 aromatic carbocycles. The lowest BCUT2D eigenvalue weighted by molar-refractivity contribution is -0.122. The monoisotopic (exact) mass is 334 g/mol. The van der Waals surface area contributed by atoms with E-state index in [9.17, 15) is 9.59 Å². The van der Waals surface area contributed by atoms with Crippen LogP contribution in [0.25, 0.3) is 0 Å². The summed E-state index contributed by atoms with van der Waals surface area (Å²) in [6.07, 6.45) is 1.85. The van der Waals surface area contributed by atoms with E-state index in [-0.39, 0.29) is 17.9 Å². The fourth-order valence-electron chi connectivity index (χ4n) is 2.46. The van der Waals surface area contributed by atoms with Crippen molar-refractivity contribution in [3.8, 4) is 0 Å². The molecule has 132 valence electrons. The van der Waals surface area contributed by atoms with Crippen molar-refractivity contribution in [2.75, 3.05) is 38.2 Å². The number of rotatable bonds is 7. The van der Waals surface area contributed by atoms with Gasteiger partial charge < -0.3 is 14.8 Å². The van der Waals surface area contributed by atoms with Gasteiger partial charge in [0.1, 0.15) is 0 Å². The molecule has 1 saturated heterocycles. The Labute approximate surface area is 143 Å². The molecule has 1 aliphatic rings. The van der Waals surface area contributed by atoms with E-state index in [0.29, 0.717) is 31.1 Å². The third-order valence-corrected chi connectivity index (χ3v) is 4.09. The van der Waals surface area contributed by atoms with Gasteiger partial charge in [-0.2, -0.15) is 0 Å². The number of nitrogens with one attached hydrogen (secondary N) is 1. The zero-order chi connectivity index (χ0) is 17.4. The normalized spacial score (nSPS) is 16.4. The molecule has 6 nitrogen and oxygen atoms in total. The van der Waals surface area contributed by atoms with Gasteiger partial charge >= 0.3 is 5.97 Å². The van der Waals surface area contributed by atoms with Crippen LogP contribution < -0.4 is 5.32 Å². The summed E-state index contributed by atoms with van der Waals surface area (Å²) in [6.45, 7) is 7.21. The van der Waals surface area contributed by atoms with E-state index in [0.717, 1.165) is 25.9 Å². The zero-order valence-electron chi connectivity index (χ0n) is 14.4. The minimum atomic E-state index is -0.331. The highest BCUT2D eigenvalue weighted by Gasteiger charge is 2.23. The highest BCUT2D eigenvalue weighted by Crippen LogP contribution is 2.13. The Bertz CT molecular complexity index is 538. The van der Waals surface area contributed by atoms with Gasteiger partial charge in [-0.15, -0.1) is 0 Å². The Morgan fingerprint density at radius 3 is 2.54 bits per heavy atom. The number of carbonyl (C=O) groups excluding carboxylic acids is 2. The molecule has 1 atom stereocenters. The van der Waals surface area contributed by atoms with E-state index < -0.39 is 0 Å². The number of ether oxygens (including phenoxy) is 2. The molecule has 0 saturated carbocycles. The SMILES string of the molecule is CCCCOC(=O)c1ccc(NC(=O)[C@H](C)N2CCOCC2)cc1.